The third kappa shape index (κ3) is 2.48. The van der Waals surface area contributed by atoms with Gasteiger partial charge in [0.25, 0.3) is 0 Å². The fraction of sp³-hybridized carbons (Fsp3) is 0.267. The molecule has 1 aliphatic heterocycles. The molecule has 1 N–H and O–H groups in total. The van der Waals surface area contributed by atoms with E-state index < -0.39 is 0 Å². The van der Waals surface area contributed by atoms with Crippen LogP contribution in [-0.2, 0) is 0 Å². The quantitative estimate of drug-likeness (QED) is 0.320. The summed E-state index contributed by atoms with van der Waals surface area (Å²) < 4.78 is 1.14. The van der Waals surface area contributed by atoms with Crippen molar-refractivity contribution >= 4 is 73.3 Å². The van der Waals surface area contributed by atoms with Crippen molar-refractivity contribution in [3.63, 3.8) is 0 Å². The van der Waals surface area contributed by atoms with Gasteiger partial charge in [-0.15, -0.1) is 24.0 Å². The topological polar surface area (TPSA) is 27.1 Å². The maximum absolute atomic E-state index is 8.09. The van der Waals surface area contributed by atoms with Gasteiger partial charge < -0.3 is 4.90 Å². The number of rotatable bonds is 0. The highest BCUT2D eigenvalue weighted by Gasteiger charge is 2.29. The van der Waals surface area contributed by atoms with E-state index in [9.17, 15) is 0 Å². The number of nitrogens with zero attached hydrogens (tertiary/aromatic N) is 1. The van der Waals surface area contributed by atoms with E-state index in [1.54, 1.807) is 0 Å². The molecule has 5 heteroatoms. The van der Waals surface area contributed by atoms with Gasteiger partial charge >= 0.3 is 0 Å². The standard InChI is InChI=1S/C15H15BrN2S.HI/c1-9-8-18(15(17)19-2)13-7-6-10-11(14(9)13)4-3-5-12(10)16;/h3-7,9,17H,8H2,1-2H3;1H. The van der Waals surface area contributed by atoms with Gasteiger partial charge in [-0.05, 0) is 34.7 Å². The molecule has 0 radical (unpaired) electrons. The largest absolute Gasteiger partial charge is 0.321 e. The molecule has 0 fully saturated rings. The molecule has 1 aliphatic rings. The van der Waals surface area contributed by atoms with E-state index in [-0.39, 0.29) is 24.0 Å². The summed E-state index contributed by atoms with van der Waals surface area (Å²) in [6.07, 6.45) is 1.96. The Morgan fingerprint density at radius 2 is 2.05 bits per heavy atom. The zero-order valence-electron chi connectivity index (χ0n) is 11.3. The van der Waals surface area contributed by atoms with E-state index in [0.717, 1.165) is 11.0 Å². The third-order valence-electron chi connectivity index (χ3n) is 3.71. The minimum Gasteiger partial charge on any atom is -0.321 e. The Morgan fingerprint density at radius 3 is 2.75 bits per heavy atom. The Balaban J connectivity index is 0.00000147. The van der Waals surface area contributed by atoms with Crippen molar-refractivity contribution in [2.75, 3.05) is 17.7 Å². The summed E-state index contributed by atoms with van der Waals surface area (Å²) in [5, 5.41) is 11.3. The summed E-state index contributed by atoms with van der Waals surface area (Å²) in [6.45, 7) is 3.15. The molecule has 106 valence electrons. The first-order valence-electron chi connectivity index (χ1n) is 6.24. The van der Waals surface area contributed by atoms with Crippen molar-refractivity contribution in [3.8, 4) is 0 Å². The molecule has 20 heavy (non-hydrogen) atoms. The molecule has 2 nitrogen and oxygen atoms in total. The number of benzene rings is 2. The highest BCUT2D eigenvalue weighted by Crippen LogP contribution is 2.43. The summed E-state index contributed by atoms with van der Waals surface area (Å²) >= 11 is 5.12. The molecule has 0 amide bonds. The summed E-state index contributed by atoms with van der Waals surface area (Å²) in [4.78, 5) is 2.12. The van der Waals surface area contributed by atoms with Gasteiger partial charge in [0.2, 0.25) is 0 Å². The zero-order valence-corrected chi connectivity index (χ0v) is 16.0. The molecule has 0 aromatic heterocycles. The number of hydrogen-bond donors (Lipinski definition) is 1. The van der Waals surface area contributed by atoms with Crippen molar-refractivity contribution in [1.82, 2.24) is 0 Å². The second-order valence-electron chi connectivity index (χ2n) is 4.85. The summed E-state index contributed by atoms with van der Waals surface area (Å²) in [7, 11) is 0. The van der Waals surface area contributed by atoms with Gasteiger partial charge in [0.1, 0.15) is 0 Å². The van der Waals surface area contributed by atoms with Gasteiger partial charge in [-0.2, -0.15) is 0 Å². The van der Waals surface area contributed by atoms with Gasteiger partial charge in [0.15, 0.2) is 5.17 Å². The minimum absolute atomic E-state index is 0. The van der Waals surface area contributed by atoms with Crippen molar-refractivity contribution in [2.24, 2.45) is 0 Å². The number of nitrogens with one attached hydrogen (secondary N) is 1. The van der Waals surface area contributed by atoms with Crippen molar-refractivity contribution in [3.05, 3.63) is 40.4 Å². The molecule has 2 aromatic rings. The van der Waals surface area contributed by atoms with Gasteiger partial charge in [0, 0.05) is 22.6 Å². The maximum atomic E-state index is 8.09. The molecular weight excluding hydrogens is 447 g/mol. The summed E-state index contributed by atoms with van der Waals surface area (Å²) in [5.74, 6) is 0.459. The fourth-order valence-electron chi connectivity index (χ4n) is 2.85. The Morgan fingerprint density at radius 1 is 1.30 bits per heavy atom. The number of amidine groups is 1. The molecule has 0 saturated heterocycles. The van der Waals surface area contributed by atoms with Crippen LogP contribution in [0.3, 0.4) is 0 Å². The van der Waals surface area contributed by atoms with Crippen LogP contribution in [-0.4, -0.2) is 18.0 Å². The second kappa shape index (κ2) is 6.23. The normalized spacial score (nSPS) is 16.9. The second-order valence-corrected chi connectivity index (χ2v) is 6.50. The maximum Gasteiger partial charge on any atom is 0.160 e. The van der Waals surface area contributed by atoms with Gasteiger partial charge in [-0.3, -0.25) is 5.41 Å². The Hall–Kier alpha value is -0.270. The molecule has 1 atom stereocenters. The van der Waals surface area contributed by atoms with Gasteiger partial charge in [-0.1, -0.05) is 52.8 Å². The number of halogens is 2. The van der Waals surface area contributed by atoms with E-state index in [4.69, 9.17) is 5.41 Å². The first kappa shape index (κ1) is 16.1. The SMILES string of the molecule is CSC(=N)N1CC(C)c2c1ccc1c(Br)cccc21.I. The van der Waals surface area contributed by atoms with Crippen LogP contribution in [0.1, 0.15) is 18.4 Å². The van der Waals surface area contributed by atoms with Crippen molar-refractivity contribution in [2.45, 2.75) is 12.8 Å². The van der Waals surface area contributed by atoms with E-state index in [0.29, 0.717) is 11.1 Å². The lowest BCUT2D eigenvalue weighted by Crippen LogP contribution is -2.25. The lowest BCUT2D eigenvalue weighted by molar-refractivity contribution is 0.828. The molecule has 0 spiro atoms. The molecule has 1 unspecified atom stereocenters. The predicted molar refractivity (Wildman–Crippen MR) is 104 cm³/mol. The van der Waals surface area contributed by atoms with Gasteiger partial charge in [-0.25, -0.2) is 0 Å². The third-order valence-corrected chi connectivity index (χ3v) is 5.00. The summed E-state index contributed by atoms with van der Waals surface area (Å²) in [5.41, 5.74) is 2.56. The highest BCUT2D eigenvalue weighted by atomic mass is 127. The Bertz CT molecular complexity index is 674. The fourth-order valence-corrected chi connectivity index (χ4v) is 3.74. The van der Waals surface area contributed by atoms with Crippen LogP contribution in [0.15, 0.2) is 34.8 Å². The van der Waals surface area contributed by atoms with Crippen LogP contribution >= 0.6 is 51.7 Å². The van der Waals surface area contributed by atoms with Crippen LogP contribution in [0.4, 0.5) is 5.69 Å². The minimum atomic E-state index is 0. The molecular formula is C15H16BrIN2S. The van der Waals surface area contributed by atoms with Crippen LogP contribution < -0.4 is 4.90 Å². The number of thioether (sulfide) groups is 1. The molecule has 0 saturated carbocycles. The first-order valence-corrected chi connectivity index (χ1v) is 8.26. The van der Waals surface area contributed by atoms with Crippen LogP contribution in [0, 0.1) is 5.41 Å². The average Bonchev–Trinajstić information content (AvgIpc) is 2.76. The molecule has 2 aromatic carbocycles. The Labute approximate surface area is 149 Å². The predicted octanol–water partition coefficient (Wildman–Crippen LogP) is 5.44. The average molecular weight is 463 g/mol. The first-order chi connectivity index (χ1) is 9.13. The number of hydrogen-bond acceptors (Lipinski definition) is 2. The van der Waals surface area contributed by atoms with E-state index >= 15 is 0 Å². The number of anilines is 1. The van der Waals surface area contributed by atoms with Gasteiger partial charge in [0.05, 0.1) is 0 Å². The Kier molecular flexibility index (Phi) is 5.02. The molecule has 3 rings (SSSR count). The summed E-state index contributed by atoms with van der Waals surface area (Å²) in [6, 6.07) is 10.6. The van der Waals surface area contributed by atoms with Crippen LogP contribution in [0.25, 0.3) is 10.8 Å². The van der Waals surface area contributed by atoms with E-state index in [2.05, 4.69) is 58.1 Å². The molecule has 0 bridgehead atoms. The smallest absolute Gasteiger partial charge is 0.160 e. The lowest BCUT2D eigenvalue weighted by Gasteiger charge is -2.18. The number of fused-ring (bicyclic) bond motifs is 3. The monoisotopic (exact) mass is 462 g/mol. The zero-order chi connectivity index (χ0) is 13.6. The van der Waals surface area contributed by atoms with Crippen LogP contribution in [0.2, 0.25) is 0 Å². The van der Waals surface area contributed by atoms with Crippen LogP contribution in [0.5, 0.6) is 0 Å². The van der Waals surface area contributed by atoms with E-state index in [1.165, 1.54) is 33.8 Å². The van der Waals surface area contributed by atoms with Crippen molar-refractivity contribution < 1.29 is 0 Å². The van der Waals surface area contributed by atoms with Crippen molar-refractivity contribution in [1.29, 1.82) is 5.41 Å². The van der Waals surface area contributed by atoms with E-state index in [1.807, 2.05) is 6.26 Å². The highest BCUT2D eigenvalue weighted by molar-refractivity contribution is 14.0. The lowest BCUT2D eigenvalue weighted by atomic mass is 9.96. The molecule has 0 aliphatic carbocycles. The molecule has 1 heterocycles.